The third-order valence-electron chi connectivity index (χ3n) is 4.55. The Kier molecular flexibility index (Phi) is 5.39. The molecule has 0 spiro atoms. The fourth-order valence-electron chi connectivity index (χ4n) is 2.91. The first kappa shape index (κ1) is 18.3. The summed E-state index contributed by atoms with van der Waals surface area (Å²) in [6.45, 7) is 1.57. The highest BCUT2D eigenvalue weighted by Gasteiger charge is 2.31. The molecule has 1 aliphatic rings. The van der Waals surface area contributed by atoms with E-state index < -0.39 is 0 Å². The first-order valence-electron chi connectivity index (χ1n) is 8.99. The molecule has 0 atom stereocenters. The van der Waals surface area contributed by atoms with E-state index in [2.05, 4.69) is 10.3 Å². The zero-order valence-electron chi connectivity index (χ0n) is 15.1. The Morgan fingerprint density at radius 1 is 1.14 bits per heavy atom. The minimum Gasteiger partial charge on any atom is -0.487 e. The number of carbonyl (C=O) groups is 1. The van der Waals surface area contributed by atoms with Crippen molar-refractivity contribution in [1.29, 1.82) is 0 Å². The molecule has 1 aromatic heterocycles. The molecule has 4 rings (SSSR count). The fourth-order valence-corrected chi connectivity index (χ4v) is 3.11. The van der Waals surface area contributed by atoms with Gasteiger partial charge in [-0.2, -0.15) is 0 Å². The van der Waals surface area contributed by atoms with Crippen LogP contribution < -0.4 is 4.74 Å². The lowest BCUT2D eigenvalue weighted by Crippen LogP contribution is -2.50. The van der Waals surface area contributed by atoms with Gasteiger partial charge in [-0.05, 0) is 29.8 Å². The number of amides is 1. The maximum absolute atomic E-state index is 12.3. The summed E-state index contributed by atoms with van der Waals surface area (Å²) in [5.74, 6) is 0.756. The summed E-state index contributed by atoms with van der Waals surface area (Å²) in [5, 5.41) is 8.93. The number of ether oxygens (including phenoxy) is 1. The summed E-state index contributed by atoms with van der Waals surface area (Å²) in [4.78, 5) is 14.0. The topological polar surface area (TPSA) is 60.2 Å². The van der Waals surface area contributed by atoms with Crippen molar-refractivity contribution in [1.82, 2.24) is 19.9 Å². The largest absolute Gasteiger partial charge is 0.487 e. The normalized spacial score (nSPS) is 14.2. The van der Waals surface area contributed by atoms with Gasteiger partial charge in [0.15, 0.2) is 0 Å². The molecule has 0 unspecified atom stereocenters. The van der Waals surface area contributed by atoms with Crippen LogP contribution in [0.1, 0.15) is 17.3 Å². The quantitative estimate of drug-likeness (QED) is 0.599. The number of nitrogens with zero attached hydrogens (tertiary/aromatic N) is 4. The molecule has 7 heteroatoms. The lowest BCUT2D eigenvalue weighted by molar-refractivity contribution is -0.131. The number of likely N-dealkylation sites (tertiary alicyclic amines) is 1. The molecule has 0 aliphatic carbocycles. The monoisotopic (exact) mass is 394 g/mol. The Balaban J connectivity index is 1.27. The standard InChI is InChI=1S/C21H19ClN4O2/c22-20-9-5-4-6-16(20)10-11-21(27)25-13-18(14-25)26-12-17(23-24-26)15-28-19-7-2-1-3-8-19/h1-12,18H,13-15H2/b11-10+. The number of benzene rings is 2. The van der Waals surface area contributed by atoms with Crippen molar-refractivity contribution in [2.75, 3.05) is 13.1 Å². The molecular formula is C21H19ClN4O2. The predicted molar refractivity (Wildman–Crippen MR) is 107 cm³/mol. The number of aromatic nitrogens is 3. The van der Waals surface area contributed by atoms with Gasteiger partial charge in [0.2, 0.25) is 5.91 Å². The van der Waals surface area contributed by atoms with E-state index >= 15 is 0 Å². The molecule has 0 saturated carbocycles. The number of para-hydroxylation sites is 1. The van der Waals surface area contributed by atoms with E-state index in [4.69, 9.17) is 16.3 Å². The average molecular weight is 395 g/mol. The average Bonchev–Trinajstić information content (AvgIpc) is 3.14. The maximum Gasteiger partial charge on any atom is 0.246 e. The molecular weight excluding hydrogens is 376 g/mol. The Hall–Kier alpha value is -3.12. The minimum absolute atomic E-state index is 0.0380. The van der Waals surface area contributed by atoms with Gasteiger partial charge in [0.05, 0.1) is 12.2 Å². The van der Waals surface area contributed by atoms with Gasteiger partial charge < -0.3 is 9.64 Å². The Morgan fingerprint density at radius 3 is 2.68 bits per heavy atom. The Labute approximate surface area is 168 Å². The molecule has 1 saturated heterocycles. The molecule has 2 heterocycles. The molecule has 3 aromatic rings. The van der Waals surface area contributed by atoms with Gasteiger partial charge in [-0.1, -0.05) is 53.2 Å². The van der Waals surface area contributed by atoms with Crippen molar-refractivity contribution in [3.8, 4) is 5.75 Å². The highest BCUT2D eigenvalue weighted by Crippen LogP contribution is 2.22. The first-order chi connectivity index (χ1) is 13.7. The van der Waals surface area contributed by atoms with Gasteiger partial charge in [-0.15, -0.1) is 5.10 Å². The molecule has 0 N–H and O–H groups in total. The number of carbonyl (C=O) groups excluding carboxylic acids is 1. The molecule has 142 valence electrons. The Morgan fingerprint density at radius 2 is 1.89 bits per heavy atom. The maximum atomic E-state index is 12.3. The van der Waals surface area contributed by atoms with Crippen LogP contribution in [0.4, 0.5) is 0 Å². The van der Waals surface area contributed by atoms with Gasteiger partial charge in [0.25, 0.3) is 0 Å². The van der Waals surface area contributed by atoms with Crippen LogP contribution in [0.15, 0.2) is 66.9 Å². The summed E-state index contributed by atoms with van der Waals surface area (Å²) >= 11 is 6.10. The SMILES string of the molecule is O=C(/C=C/c1ccccc1Cl)N1CC(n2cc(COc3ccccc3)nn2)C1. The van der Waals surface area contributed by atoms with Crippen LogP contribution in [0.25, 0.3) is 6.08 Å². The van der Waals surface area contributed by atoms with Crippen molar-refractivity contribution < 1.29 is 9.53 Å². The van der Waals surface area contributed by atoms with Crippen molar-refractivity contribution in [2.24, 2.45) is 0 Å². The number of halogens is 1. The summed E-state index contributed by atoms with van der Waals surface area (Å²) in [7, 11) is 0. The van der Waals surface area contributed by atoms with E-state index in [0.717, 1.165) is 17.0 Å². The molecule has 1 fully saturated rings. The minimum atomic E-state index is -0.0380. The molecule has 6 nitrogen and oxygen atoms in total. The fraction of sp³-hybridized carbons (Fsp3) is 0.190. The van der Waals surface area contributed by atoms with Crippen LogP contribution in [-0.4, -0.2) is 38.9 Å². The van der Waals surface area contributed by atoms with E-state index in [0.29, 0.717) is 24.7 Å². The van der Waals surface area contributed by atoms with Crippen molar-refractivity contribution in [2.45, 2.75) is 12.6 Å². The van der Waals surface area contributed by atoms with Crippen molar-refractivity contribution in [3.05, 3.63) is 83.2 Å². The van der Waals surface area contributed by atoms with Crippen LogP contribution in [0, 0.1) is 0 Å². The second-order valence-electron chi connectivity index (χ2n) is 6.54. The second-order valence-corrected chi connectivity index (χ2v) is 6.95. The molecule has 0 radical (unpaired) electrons. The summed E-state index contributed by atoms with van der Waals surface area (Å²) in [6.07, 6.45) is 5.17. The van der Waals surface area contributed by atoms with Gasteiger partial charge in [-0.25, -0.2) is 4.68 Å². The van der Waals surface area contributed by atoms with Crippen LogP contribution in [0.5, 0.6) is 5.75 Å². The van der Waals surface area contributed by atoms with E-state index in [1.807, 2.05) is 54.7 Å². The van der Waals surface area contributed by atoms with Crippen LogP contribution in [-0.2, 0) is 11.4 Å². The lowest BCUT2D eigenvalue weighted by Gasteiger charge is -2.38. The smallest absolute Gasteiger partial charge is 0.246 e. The third kappa shape index (κ3) is 4.23. The lowest BCUT2D eigenvalue weighted by atomic mass is 10.1. The van der Waals surface area contributed by atoms with E-state index in [1.165, 1.54) is 0 Å². The summed E-state index contributed by atoms with van der Waals surface area (Å²) in [5.41, 5.74) is 1.58. The van der Waals surface area contributed by atoms with Crippen molar-refractivity contribution in [3.63, 3.8) is 0 Å². The van der Waals surface area contributed by atoms with Crippen LogP contribution >= 0.6 is 11.6 Å². The van der Waals surface area contributed by atoms with Gasteiger partial charge >= 0.3 is 0 Å². The summed E-state index contributed by atoms with van der Waals surface area (Å²) < 4.78 is 7.48. The molecule has 1 amide bonds. The summed E-state index contributed by atoms with van der Waals surface area (Å²) in [6, 6.07) is 17.1. The number of rotatable bonds is 6. The van der Waals surface area contributed by atoms with Gasteiger partial charge in [-0.3, -0.25) is 4.79 Å². The van der Waals surface area contributed by atoms with E-state index in [-0.39, 0.29) is 11.9 Å². The molecule has 28 heavy (non-hydrogen) atoms. The highest BCUT2D eigenvalue weighted by molar-refractivity contribution is 6.32. The van der Waals surface area contributed by atoms with Gasteiger partial charge in [0, 0.05) is 24.2 Å². The zero-order valence-corrected chi connectivity index (χ0v) is 15.9. The first-order valence-corrected chi connectivity index (χ1v) is 9.37. The molecule has 2 aromatic carbocycles. The second kappa shape index (κ2) is 8.27. The third-order valence-corrected chi connectivity index (χ3v) is 4.89. The van der Waals surface area contributed by atoms with Crippen LogP contribution in [0.3, 0.4) is 0 Å². The number of hydrogen-bond acceptors (Lipinski definition) is 4. The Bertz CT molecular complexity index is 981. The highest BCUT2D eigenvalue weighted by atomic mass is 35.5. The van der Waals surface area contributed by atoms with Crippen LogP contribution in [0.2, 0.25) is 5.02 Å². The number of hydrogen-bond donors (Lipinski definition) is 0. The molecule has 0 bridgehead atoms. The van der Waals surface area contributed by atoms with E-state index in [1.54, 1.807) is 27.8 Å². The van der Waals surface area contributed by atoms with Crippen molar-refractivity contribution >= 4 is 23.6 Å². The van der Waals surface area contributed by atoms with Gasteiger partial charge in [0.1, 0.15) is 18.1 Å². The molecule has 1 aliphatic heterocycles. The predicted octanol–water partition coefficient (Wildman–Crippen LogP) is 3.61. The zero-order chi connectivity index (χ0) is 19.3. The van der Waals surface area contributed by atoms with E-state index in [9.17, 15) is 4.79 Å².